The van der Waals surface area contributed by atoms with Gasteiger partial charge in [0.15, 0.2) is 0 Å². The van der Waals surface area contributed by atoms with Crippen molar-refractivity contribution in [3.8, 4) is 0 Å². The van der Waals surface area contributed by atoms with E-state index in [0.29, 0.717) is 13.2 Å². The molecule has 0 aliphatic carbocycles. The Bertz CT molecular complexity index is 547. The van der Waals surface area contributed by atoms with Gasteiger partial charge in [0.05, 0.1) is 19.8 Å². The molecule has 0 heterocycles. The van der Waals surface area contributed by atoms with Crippen molar-refractivity contribution < 1.29 is 23.8 Å². The molecule has 0 fully saturated rings. The first kappa shape index (κ1) is 22.7. The van der Waals surface area contributed by atoms with Gasteiger partial charge >= 0.3 is 12.1 Å². The molecule has 1 unspecified atom stereocenters. The Balaban J connectivity index is 2.20. The van der Waals surface area contributed by atoms with Crippen LogP contribution in [0.1, 0.15) is 44.6 Å². The lowest BCUT2D eigenvalue weighted by atomic mass is 10.2. The van der Waals surface area contributed by atoms with Gasteiger partial charge in [0.25, 0.3) is 0 Å². The number of amides is 1. The quantitative estimate of drug-likeness (QED) is 0.301. The van der Waals surface area contributed by atoms with Crippen molar-refractivity contribution in [2.75, 3.05) is 19.8 Å². The summed E-state index contributed by atoms with van der Waals surface area (Å²) < 4.78 is 15.7. The van der Waals surface area contributed by atoms with Gasteiger partial charge in [-0.2, -0.15) is 0 Å². The highest BCUT2D eigenvalue weighted by Gasteiger charge is 2.21. The molecule has 1 atom stereocenters. The fraction of sp³-hybridized carbons (Fsp3) is 0.524. The minimum absolute atomic E-state index is 0.103. The largest absolute Gasteiger partial charge is 0.464 e. The third kappa shape index (κ3) is 11.1. The molecule has 0 aliphatic heterocycles. The summed E-state index contributed by atoms with van der Waals surface area (Å²) >= 11 is 0. The van der Waals surface area contributed by atoms with E-state index in [1.165, 1.54) is 0 Å². The van der Waals surface area contributed by atoms with E-state index in [1.54, 1.807) is 6.08 Å². The second kappa shape index (κ2) is 14.8. The minimum atomic E-state index is -0.786. The Labute approximate surface area is 161 Å². The first-order valence-corrected chi connectivity index (χ1v) is 9.49. The van der Waals surface area contributed by atoms with Gasteiger partial charge in [-0.3, -0.25) is 0 Å². The van der Waals surface area contributed by atoms with E-state index in [1.807, 2.05) is 30.3 Å². The standard InChI is InChI=1S/C21H31NO5/c1-3-5-6-10-14-26-20(23)19(11-4-2)22-21(24)27-16-15-25-17-18-12-8-7-9-13-18/h4,7-9,12-13,19H,2-3,5-6,10-11,14-17H2,1H3,(H,22,24). The molecule has 0 aromatic heterocycles. The van der Waals surface area contributed by atoms with Crippen LogP contribution in [-0.4, -0.2) is 37.9 Å². The molecule has 0 saturated carbocycles. The van der Waals surface area contributed by atoms with Crippen molar-refractivity contribution in [1.82, 2.24) is 5.32 Å². The van der Waals surface area contributed by atoms with E-state index in [9.17, 15) is 9.59 Å². The van der Waals surface area contributed by atoms with Crippen LogP contribution in [0.4, 0.5) is 4.79 Å². The summed E-state index contributed by atoms with van der Waals surface area (Å²) in [4.78, 5) is 23.9. The van der Waals surface area contributed by atoms with Gasteiger partial charge in [0, 0.05) is 0 Å². The number of carbonyl (C=O) groups is 2. The van der Waals surface area contributed by atoms with E-state index in [0.717, 1.165) is 31.2 Å². The number of benzene rings is 1. The third-order valence-corrected chi connectivity index (χ3v) is 3.79. The number of unbranched alkanes of at least 4 members (excludes halogenated alkanes) is 3. The molecule has 0 bridgehead atoms. The second-order valence-electron chi connectivity index (χ2n) is 6.12. The molecule has 1 rings (SSSR count). The van der Waals surface area contributed by atoms with E-state index < -0.39 is 18.1 Å². The van der Waals surface area contributed by atoms with Crippen molar-refractivity contribution in [1.29, 1.82) is 0 Å². The molecular formula is C21H31NO5. The van der Waals surface area contributed by atoms with Crippen LogP contribution in [0.5, 0.6) is 0 Å². The molecule has 1 N–H and O–H groups in total. The van der Waals surface area contributed by atoms with E-state index in [-0.39, 0.29) is 19.6 Å². The van der Waals surface area contributed by atoms with Crippen LogP contribution < -0.4 is 5.32 Å². The van der Waals surface area contributed by atoms with Crippen molar-refractivity contribution >= 4 is 12.1 Å². The molecular weight excluding hydrogens is 346 g/mol. The van der Waals surface area contributed by atoms with Gasteiger partial charge in [-0.15, -0.1) is 6.58 Å². The monoisotopic (exact) mass is 377 g/mol. The number of ether oxygens (including phenoxy) is 3. The number of esters is 1. The third-order valence-electron chi connectivity index (χ3n) is 3.79. The van der Waals surface area contributed by atoms with E-state index in [2.05, 4.69) is 18.8 Å². The molecule has 27 heavy (non-hydrogen) atoms. The van der Waals surface area contributed by atoms with Gasteiger partial charge in [-0.25, -0.2) is 9.59 Å². The van der Waals surface area contributed by atoms with E-state index >= 15 is 0 Å². The fourth-order valence-electron chi connectivity index (χ4n) is 2.32. The molecule has 1 aromatic rings. The number of rotatable bonds is 14. The summed E-state index contributed by atoms with van der Waals surface area (Å²) in [6.45, 7) is 6.91. The van der Waals surface area contributed by atoms with Crippen LogP contribution >= 0.6 is 0 Å². The van der Waals surface area contributed by atoms with Crippen LogP contribution in [0.2, 0.25) is 0 Å². The predicted octanol–water partition coefficient (Wildman–Crippen LogP) is 4.00. The number of nitrogens with one attached hydrogen (secondary N) is 1. The van der Waals surface area contributed by atoms with Crippen molar-refractivity contribution in [2.24, 2.45) is 0 Å². The average molecular weight is 377 g/mol. The Morgan fingerprint density at radius 3 is 2.56 bits per heavy atom. The molecule has 0 saturated heterocycles. The van der Waals surface area contributed by atoms with E-state index in [4.69, 9.17) is 14.2 Å². The normalized spacial score (nSPS) is 11.4. The van der Waals surface area contributed by atoms with Gasteiger partial charge < -0.3 is 19.5 Å². The summed E-state index contributed by atoms with van der Waals surface area (Å²) in [5.74, 6) is -0.469. The fourth-order valence-corrected chi connectivity index (χ4v) is 2.32. The van der Waals surface area contributed by atoms with Gasteiger partial charge in [0.2, 0.25) is 0 Å². The van der Waals surface area contributed by atoms with Crippen molar-refractivity contribution in [3.05, 3.63) is 48.6 Å². The summed E-state index contributed by atoms with van der Waals surface area (Å²) in [6, 6.07) is 8.94. The minimum Gasteiger partial charge on any atom is -0.464 e. The highest BCUT2D eigenvalue weighted by Crippen LogP contribution is 2.03. The molecule has 0 radical (unpaired) electrons. The first-order chi connectivity index (χ1) is 13.2. The molecule has 0 aliphatic rings. The van der Waals surface area contributed by atoms with Crippen LogP contribution in [-0.2, 0) is 25.6 Å². The zero-order chi connectivity index (χ0) is 19.7. The maximum atomic E-state index is 12.1. The molecule has 1 amide bonds. The second-order valence-corrected chi connectivity index (χ2v) is 6.12. The average Bonchev–Trinajstić information content (AvgIpc) is 2.68. The molecule has 6 heteroatoms. The number of carbonyl (C=O) groups excluding carboxylic acids is 2. The highest BCUT2D eigenvalue weighted by molar-refractivity contribution is 5.81. The lowest BCUT2D eigenvalue weighted by Gasteiger charge is -2.16. The zero-order valence-electron chi connectivity index (χ0n) is 16.2. The lowest BCUT2D eigenvalue weighted by molar-refractivity contribution is -0.146. The molecule has 6 nitrogen and oxygen atoms in total. The van der Waals surface area contributed by atoms with Gasteiger partial charge in [-0.1, -0.05) is 62.6 Å². The smallest absolute Gasteiger partial charge is 0.407 e. The summed E-state index contributed by atoms with van der Waals surface area (Å²) in [6.07, 6.45) is 5.26. The SMILES string of the molecule is C=CCC(NC(=O)OCCOCc1ccccc1)C(=O)OCCCCCC. The van der Waals surface area contributed by atoms with Gasteiger partial charge in [0.1, 0.15) is 12.6 Å². The Morgan fingerprint density at radius 1 is 1.07 bits per heavy atom. The van der Waals surface area contributed by atoms with Crippen LogP contribution in [0, 0.1) is 0 Å². The van der Waals surface area contributed by atoms with Crippen LogP contribution in [0.3, 0.4) is 0 Å². The Morgan fingerprint density at radius 2 is 1.85 bits per heavy atom. The Kier molecular flexibility index (Phi) is 12.4. The Hall–Kier alpha value is -2.34. The number of hydrogen-bond acceptors (Lipinski definition) is 5. The topological polar surface area (TPSA) is 73.9 Å². The zero-order valence-corrected chi connectivity index (χ0v) is 16.2. The number of hydrogen-bond donors (Lipinski definition) is 1. The summed E-state index contributed by atoms with van der Waals surface area (Å²) in [5, 5.41) is 2.52. The van der Waals surface area contributed by atoms with Gasteiger partial charge in [-0.05, 0) is 18.4 Å². The molecule has 150 valence electrons. The predicted molar refractivity (Wildman–Crippen MR) is 104 cm³/mol. The maximum Gasteiger partial charge on any atom is 0.407 e. The summed E-state index contributed by atoms with van der Waals surface area (Å²) in [5.41, 5.74) is 1.05. The highest BCUT2D eigenvalue weighted by atomic mass is 16.6. The molecule has 0 spiro atoms. The van der Waals surface area contributed by atoms with Crippen LogP contribution in [0.25, 0.3) is 0 Å². The van der Waals surface area contributed by atoms with Crippen molar-refractivity contribution in [3.63, 3.8) is 0 Å². The van der Waals surface area contributed by atoms with Crippen molar-refractivity contribution in [2.45, 2.75) is 51.7 Å². The summed E-state index contributed by atoms with van der Waals surface area (Å²) in [7, 11) is 0. The van der Waals surface area contributed by atoms with Crippen LogP contribution in [0.15, 0.2) is 43.0 Å². The maximum absolute atomic E-state index is 12.1. The molecule has 1 aromatic carbocycles. The lowest BCUT2D eigenvalue weighted by Crippen LogP contribution is -2.42. The first-order valence-electron chi connectivity index (χ1n) is 9.49. The number of alkyl carbamates (subject to hydrolysis) is 1.